The average Bonchev–Trinajstić information content (AvgIpc) is 4.28. The number of fused-ring (bicyclic) bond motifs is 2. The predicted octanol–water partition coefficient (Wildman–Crippen LogP) is 11.6. The highest BCUT2D eigenvalue weighted by Gasteiger charge is 2.31. The Morgan fingerprint density at radius 1 is 0.713 bits per heavy atom. The van der Waals surface area contributed by atoms with Crippen molar-refractivity contribution >= 4 is 66.8 Å². The van der Waals surface area contributed by atoms with E-state index in [0.29, 0.717) is 63.9 Å². The molecule has 0 bridgehead atoms. The number of methoxy groups -OCH3 is 2. The minimum atomic E-state index is -4.72. The SMILES string of the molecule is COC1=CC(c2cc3ccccc3n2C(=O)CC(C)(C)Cc2cccc(OP(=O)(O)O)c2)=N/C1=C/c1[nH]c(C)cc1C.COC1=CC(c2cc3ccccc3n2C(=O)c2ccccc2COP(=O)(O)O)=NC1Cc1[nH]c(C)cc1C. The zero-order valence-electron chi connectivity index (χ0n) is 45.4. The molecule has 0 saturated carbocycles. The van der Waals surface area contributed by atoms with Crippen molar-refractivity contribution in [3.05, 3.63) is 213 Å². The van der Waals surface area contributed by atoms with Crippen LogP contribution in [0, 0.1) is 33.1 Å². The Hall–Kier alpha value is -7.92. The first-order valence-electron chi connectivity index (χ1n) is 25.6. The summed E-state index contributed by atoms with van der Waals surface area (Å²) < 4.78 is 46.7. The first-order chi connectivity index (χ1) is 38.0. The largest absolute Gasteiger partial charge is 0.524 e. The van der Waals surface area contributed by atoms with Crippen molar-refractivity contribution in [3.63, 3.8) is 0 Å². The smallest absolute Gasteiger partial charge is 0.499 e. The number of rotatable bonds is 17. The number of carbonyl (C=O) groups is 2. The molecular weight excluding hydrogens is 1060 g/mol. The van der Waals surface area contributed by atoms with E-state index in [-0.39, 0.29) is 35.6 Å². The molecule has 8 aromatic rings. The number of para-hydroxylation sites is 2. The van der Waals surface area contributed by atoms with Crippen molar-refractivity contribution in [2.24, 2.45) is 15.4 Å². The van der Waals surface area contributed by atoms with Gasteiger partial charge in [0.2, 0.25) is 5.91 Å². The van der Waals surface area contributed by atoms with Gasteiger partial charge < -0.3 is 33.8 Å². The lowest BCUT2D eigenvalue weighted by Gasteiger charge is -2.25. The van der Waals surface area contributed by atoms with Crippen molar-refractivity contribution in [1.82, 2.24) is 19.1 Å². The van der Waals surface area contributed by atoms with E-state index in [1.165, 1.54) is 6.07 Å². The highest BCUT2D eigenvalue weighted by Crippen LogP contribution is 2.40. The molecule has 0 spiro atoms. The van der Waals surface area contributed by atoms with Crippen molar-refractivity contribution in [2.45, 2.75) is 73.5 Å². The van der Waals surface area contributed by atoms with Gasteiger partial charge in [0.05, 0.1) is 54.7 Å². The van der Waals surface area contributed by atoms with Crippen LogP contribution < -0.4 is 4.52 Å². The number of aryl methyl sites for hydroxylation is 4. The summed E-state index contributed by atoms with van der Waals surface area (Å²) >= 11 is 0. The number of phosphoric ester groups is 2. The summed E-state index contributed by atoms with van der Waals surface area (Å²) in [7, 11) is -6.17. The maximum Gasteiger partial charge on any atom is 0.524 e. The minimum Gasteiger partial charge on any atom is -0.499 e. The van der Waals surface area contributed by atoms with Gasteiger partial charge in [-0.05, 0) is 122 Å². The molecule has 20 heteroatoms. The van der Waals surface area contributed by atoms with Crippen LogP contribution in [-0.4, -0.2) is 82.2 Å². The van der Waals surface area contributed by atoms with Crippen LogP contribution in [0.1, 0.15) is 91.8 Å². The second-order valence-electron chi connectivity index (χ2n) is 20.6. The number of aromatic nitrogens is 4. The molecular formula is C60H62N6O12P2. The quantitative estimate of drug-likeness (QED) is 0.0466. The molecule has 4 aromatic heterocycles. The fraction of sp³-hybridized carbons (Fsp3) is 0.233. The zero-order valence-corrected chi connectivity index (χ0v) is 47.2. The second kappa shape index (κ2) is 23.0. The molecule has 18 nitrogen and oxygen atoms in total. The number of hydrogen-bond acceptors (Lipinski definition) is 10. The fourth-order valence-corrected chi connectivity index (χ4v) is 11.0. The number of hydrogen-bond donors (Lipinski definition) is 6. The van der Waals surface area contributed by atoms with Gasteiger partial charge in [-0.15, -0.1) is 0 Å². The van der Waals surface area contributed by atoms with Crippen LogP contribution >= 0.6 is 15.6 Å². The lowest BCUT2D eigenvalue weighted by atomic mass is 9.82. The van der Waals surface area contributed by atoms with E-state index in [0.717, 1.165) is 55.8 Å². The lowest BCUT2D eigenvalue weighted by molar-refractivity contribution is 0.0851. The van der Waals surface area contributed by atoms with Gasteiger partial charge in [0.25, 0.3) is 5.91 Å². The molecule has 0 saturated heterocycles. The third-order valence-electron chi connectivity index (χ3n) is 13.7. The number of aromatic amines is 2. The molecule has 4 aromatic carbocycles. The maximum absolute atomic E-state index is 14.0. The van der Waals surface area contributed by atoms with Crippen LogP contribution in [0.25, 0.3) is 27.9 Å². The number of carbonyl (C=O) groups excluding carboxylic acids is 2. The molecule has 0 radical (unpaired) electrons. The Kier molecular flexibility index (Phi) is 16.4. The Bertz CT molecular complexity index is 3970. The molecule has 414 valence electrons. The van der Waals surface area contributed by atoms with E-state index in [2.05, 4.69) is 29.0 Å². The zero-order chi connectivity index (χ0) is 57.3. The molecule has 2 aliphatic rings. The molecule has 0 aliphatic carbocycles. The number of benzene rings is 4. The number of allylic oxidation sites excluding steroid dienone is 2. The molecule has 1 unspecified atom stereocenters. The molecule has 10 rings (SSSR count). The van der Waals surface area contributed by atoms with Gasteiger partial charge in [-0.1, -0.05) is 80.6 Å². The first kappa shape index (κ1) is 56.8. The number of nitrogens with one attached hydrogen (secondary N) is 2. The van der Waals surface area contributed by atoms with Gasteiger partial charge in [0.15, 0.2) is 0 Å². The van der Waals surface area contributed by atoms with Crippen LogP contribution in [0.15, 0.2) is 161 Å². The van der Waals surface area contributed by atoms with E-state index in [1.54, 1.807) is 59.8 Å². The fourth-order valence-electron chi connectivity index (χ4n) is 10.3. The van der Waals surface area contributed by atoms with E-state index < -0.39 is 27.7 Å². The molecule has 0 amide bonds. The van der Waals surface area contributed by atoms with Crippen LogP contribution in [-0.2, 0) is 42.6 Å². The average molecular weight is 1120 g/mol. The topological polar surface area (TPSA) is 252 Å². The summed E-state index contributed by atoms with van der Waals surface area (Å²) in [5, 5.41) is 1.78. The third-order valence-corrected chi connectivity index (χ3v) is 14.6. The second-order valence-corrected chi connectivity index (χ2v) is 23.0. The molecule has 0 fully saturated rings. The maximum atomic E-state index is 14.0. The number of nitrogens with zero attached hydrogens (tertiary/aromatic N) is 4. The lowest BCUT2D eigenvalue weighted by Crippen LogP contribution is -2.25. The number of ether oxygens (including phenoxy) is 2. The van der Waals surface area contributed by atoms with Gasteiger partial charge in [0, 0.05) is 64.1 Å². The molecule has 1 atom stereocenters. The van der Waals surface area contributed by atoms with E-state index >= 15 is 0 Å². The number of aliphatic imine (C=N–C) groups is 2. The summed E-state index contributed by atoms with van der Waals surface area (Å²) in [6.45, 7) is 11.7. The predicted molar refractivity (Wildman–Crippen MR) is 308 cm³/mol. The van der Waals surface area contributed by atoms with E-state index in [4.69, 9.17) is 28.5 Å². The summed E-state index contributed by atoms with van der Waals surface area (Å²) in [5.74, 6) is 0.933. The Labute approximate surface area is 462 Å². The van der Waals surface area contributed by atoms with E-state index in [9.17, 15) is 38.3 Å². The first-order valence-corrected chi connectivity index (χ1v) is 28.7. The number of H-pyrrole nitrogens is 2. The Morgan fingerprint density at radius 3 is 1.98 bits per heavy atom. The molecule has 6 heterocycles. The van der Waals surface area contributed by atoms with Crippen molar-refractivity contribution in [2.75, 3.05) is 14.2 Å². The molecule has 2 aliphatic heterocycles. The number of phosphoric acid groups is 2. The van der Waals surface area contributed by atoms with Gasteiger partial charge in [0.1, 0.15) is 29.0 Å². The normalized spacial score (nSPS) is 15.2. The van der Waals surface area contributed by atoms with E-state index in [1.807, 2.05) is 120 Å². The van der Waals surface area contributed by atoms with Crippen LogP contribution in [0.2, 0.25) is 0 Å². The Morgan fingerprint density at radius 2 is 1.35 bits per heavy atom. The van der Waals surface area contributed by atoms with Gasteiger partial charge >= 0.3 is 15.6 Å². The highest BCUT2D eigenvalue weighted by molar-refractivity contribution is 7.46. The van der Waals surface area contributed by atoms with Crippen LogP contribution in [0.3, 0.4) is 0 Å². The standard InChI is InChI=1S/C32H34N3O6P.C28H28N3O6P/c1-20-13-21(2)33-25(20)16-27-30(40-5)17-26(34-27)29-15-23-10-6-7-12-28(23)35(29)31(36)19-32(3,4)18-22-9-8-11-24(14-22)41-42(37,38)39;1-17-12-18(2)29-22(17)14-24-27(36-3)15-23(30-24)26-13-19-8-5-7-11-25(19)31(26)28(32)21-10-6-4-9-20(21)16-37-38(33,34)35/h6-17,33H,18-19H2,1-5H3,(H2,37,38,39);4-13,15,24,29H,14,16H2,1-3H3,(H2,33,34,35)/b27-16+;. The monoisotopic (exact) mass is 1120 g/mol. The van der Waals surface area contributed by atoms with Gasteiger partial charge in [-0.2, -0.15) is 0 Å². The van der Waals surface area contributed by atoms with Gasteiger partial charge in [-0.25, -0.2) is 14.1 Å². The molecule has 80 heavy (non-hydrogen) atoms. The van der Waals surface area contributed by atoms with Gasteiger partial charge in [-0.3, -0.25) is 38.0 Å². The summed E-state index contributed by atoms with van der Waals surface area (Å²) in [4.78, 5) is 81.3. The Balaban J connectivity index is 0.000000195. The third kappa shape index (κ3) is 13.1. The van der Waals surface area contributed by atoms with Crippen molar-refractivity contribution in [1.29, 1.82) is 0 Å². The minimum absolute atomic E-state index is 0.0789. The van der Waals surface area contributed by atoms with Crippen LogP contribution in [0.5, 0.6) is 5.75 Å². The summed E-state index contributed by atoms with van der Waals surface area (Å²) in [5.41, 5.74) is 12.0. The summed E-state index contributed by atoms with van der Waals surface area (Å²) in [6, 6.07) is 36.3. The summed E-state index contributed by atoms with van der Waals surface area (Å²) in [6.07, 6.45) is 6.98. The van der Waals surface area contributed by atoms with Crippen molar-refractivity contribution in [3.8, 4) is 5.75 Å². The van der Waals surface area contributed by atoms with Crippen molar-refractivity contribution < 1.29 is 56.8 Å². The molecule has 6 N–H and O–H groups in total. The highest BCUT2D eigenvalue weighted by atomic mass is 31.2. The van der Waals surface area contributed by atoms with Crippen LogP contribution in [0.4, 0.5) is 0 Å².